The van der Waals surface area contributed by atoms with Gasteiger partial charge in [0.2, 0.25) is 0 Å². The van der Waals surface area contributed by atoms with Crippen molar-refractivity contribution >= 4 is 43.9 Å². The number of hydrogen-bond acceptors (Lipinski definition) is 2. The zero-order chi connectivity index (χ0) is 32.8. The quantitative estimate of drug-likeness (QED) is 0.173. The van der Waals surface area contributed by atoms with Crippen molar-refractivity contribution in [2.45, 2.75) is 26.2 Å². The van der Waals surface area contributed by atoms with Crippen LogP contribution in [0.1, 0.15) is 29.2 Å². The third-order valence-corrected chi connectivity index (χ3v) is 9.30. The highest BCUT2D eigenvalue weighted by Gasteiger charge is 2.23. The molecule has 232 valence electrons. The maximum absolute atomic E-state index is 4.81. The summed E-state index contributed by atoms with van der Waals surface area (Å²) in [5.41, 5.74) is 16.7. The van der Waals surface area contributed by atoms with Gasteiger partial charge in [0.15, 0.2) is 0 Å². The van der Waals surface area contributed by atoms with Crippen molar-refractivity contribution < 1.29 is 0 Å². The zero-order valence-electron chi connectivity index (χ0n) is 27.2. The highest BCUT2D eigenvalue weighted by Crippen LogP contribution is 2.42. The molecule has 48 heavy (non-hydrogen) atoms. The van der Waals surface area contributed by atoms with E-state index in [-0.39, 0.29) is 0 Å². The van der Waals surface area contributed by atoms with E-state index in [1.165, 1.54) is 44.2 Å². The van der Waals surface area contributed by atoms with Crippen molar-refractivity contribution in [1.29, 1.82) is 0 Å². The van der Waals surface area contributed by atoms with E-state index in [1.807, 2.05) is 43.6 Å². The molecule has 0 atom stereocenters. The third kappa shape index (κ3) is 4.68. The molecular weight excluding hydrogens is 585 g/mol. The summed E-state index contributed by atoms with van der Waals surface area (Å²) in [4.78, 5) is 9.62. The van der Waals surface area contributed by atoms with Crippen molar-refractivity contribution in [3.8, 4) is 22.5 Å². The van der Waals surface area contributed by atoms with E-state index in [4.69, 9.17) is 9.97 Å². The SMILES string of the molecule is C=CC.C=CCc1ccc2c(c1)c1ncccc1n2-c1ccc2c(c1)-c1cc(-n3c4ccc(CC=C)cc4c4ncccc43)ccc1C2. The minimum atomic E-state index is 0.839. The molecule has 8 aromatic rings. The van der Waals surface area contributed by atoms with Crippen molar-refractivity contribution in [1.82, 2.24) is 19.1 Å². The second-order valence-corrected chi connectivity index (χ2v) is 12.4. The predicted molar refractivity (Wildman–Crippen MR) is 203 cm³/mol. The topological polar surface area (TPSA) is 35.6 Å². The van der Waals surface area contributed by atoms with Gasteiger partial charge in [0.1, 0.15) is 0 Å². The maximum atomic E-state index is 4.81. The highest BCUT2D eigenvalue weighted by molar-refractivity contribution is 6.08. The number of pyridine rings is 2. The molecule has 4 heterocycles. The molecular formula is C44H36N4. The molecule has 0 saturated carbocycles. The van der Waals surface area contributed by atoms with Crippen molar-refractivity contribution in [3.63, 3.8) is 0 Å². The normalized spacial score (nSPS) is 11.8. The van der Waals surface area contributed by atoms with Crippen molar-refractivity contribution in [2.75, 3.05) is 0 Å². The summed E-state index contributed by atoms with van der Waals surface area (Å²) >= 11 is 0. The lowest BCUT2D eigenvalue weighted by Crippen LogP contribution is -1.96. The van der Waals surface area contributed by atoms with E-state index < -0.39 is 0 Å². The summed E-state index contributed by atoms with van der Waals surface area (Å²) in [6, 6.07) is 35.6. The van der Waals surface area contributed by atoms with Gasteiger partial charge in [-0.3, -0.25) is 9.97 Å². The number of rotatable bonds is 6. The lowest BCUT2D eigenvalue weighted by Gasteiger charge is -2.12. The fraction of sp³-hybridized carbons (Fsp3) is 0.0909. The zero-order valence-corrected chi connectivity index (χ0v) is 27.2. The molecule has 0 saturated heterocycles. The Bertz CT molecular complexity index is 2380. The fourth-order valence-corrected chi connectivity index (χ4v) is 7.33. The van der Waals surface area contributed by atoms with Gasteiger partial charge in [0, 0.05) is 34.5 Å². The molecule has 9 rings (SSSR count). The maximum Gasteiger partial charge on any atom is 0.0963 e. The first-order valence-electron chi connectivity index (χ1n) is 16.5. The Kier molecular flexibility index (Phi) is 7.34. The molecule has 1 aliphatic carbocycles. The molecule has 4 aromatic heterocycles. The van der Waals surface area contributed by atoms with Crippen LogP contribution in [0.3, 0.4) is 0 Å². The molecule has 0 bridgehead atoms. The molecule has 0 spiro atoms. The summed E-state index contributed by atoms with van der Waals surface area (Å²) in [5, 5.41) is 2.34. The van der Waals surface area contributed by atoms with Gasteiger partial charge < -0.3 is 9.13 Å². The van der Waals surface area contributed by atoms with E-state index >= 15 is 0 Å². The van der Waals surface area contributed by atoms with Gasteiger partial charge in [-0.1, -0.05) is 42.5 Å². The number of nitrogens with zero attached hydrogens (tertiary/aromatic N) is 4. The average Bonchev–Trinajstić information content (AvgIpc) is 3.76. The van der Waals surface area contributed by atoms with Crippen LogP contribution < -0.4 is 0 Å². The lowest BCUT2D eigenvalue weighted by molar-refractivity contribution is 1.16. The monoisotopic (exact) mass is 620 g/mol. The van der Waals surface area contributed by atoms with Crippen LogP contribution in [-0.2, 0) is 19.3 Å². The van der Waals surface area contributed by atoms with Crippen LogP contribution in [0.2, 0.25) is 0 Å². The Labute approximate surface area is 280 Å². The molecule has 4 nitrogen and oxygen atoms in total. The molecule has 4 heteroatoms. The number of allylic oxidation sites excluding steroid dienone is 3. The number of fused-ring (bicyclic) bond motifs is 9. The smallest absolute Gasteiger partial charge is 0.0963 e. The number of aromatic nitrogens is 4. The van der Waals surface area contributed by atoms with Gasteiger partial charge >= 0.3 is 0 Å². The van der Waals surface area contributed by atoms with Gasteiger partial charge in [0.05, 0.1) is 33.1 Å². The van der Waals surface area contributed by atoms with Crippen LogP contribution in [0.5, 0.6) is 0 Å². The number of hydrogen-bond donors (Lipinski definition) is 0. The van der Waals surface area contributed by atoms with Gasteiger partial charge in [-0.2, -0.15) is 0 Å². The Morgan fingerprint density at radius 3 is 1.48 bits per heavy atom. The predicted octanol–water partition coefficient (Wildman–Crippen LogP) is 10.9. The second-order valence-electron chi connectivity index (χ2n) is 12.4. The van der Waals surface area contributed by atoms with Crippen LogP contribution in [0.25, 0.3) is 66.4 Å². The van der Waals surface area contributed by atoms with Crippen molar-refractivity contribution in [2.24, 2.45) is 0 Å². The Balaban J connectivity index is 0.00000108. The molecule has 0 N–H and O–H groups in total. The van der Waals surface area contributed by atoms with Crippen LogP contribution in [0.4, 0.5) is 0 Å². The third-order valence-electron chi connectivity index (χ3n) is 9.30. The molecule has 0 unspecified atom stereocenters. The first kappa shape index (κ1) is 29.4. The molecule has 4 aromatic carbocycles. The minimum Gasteiger partial charge on any atom is -0.308 e. The molecule has 0 amide bonds. The Hall–Kier alpha value is -6.00. The summed E-state index contributed by atoms with van der Waals surface area (Å²) in [7, 11) is 0. The van der Waals surface area contributed by atoms with E-state index in [1.54, 1.807) is 6.08 Å². The van der Waals surface area contributed by atoms with Crippen molar-refractivity contribution in [3.05, 3.63) is 170 Å². The summed E-state index contributed by atoms with van der Waals surface area (Å²) < 4.78 is 4.72. The van der Waals surface area contributed by atoms with E-state index in [0.717, 1.165) is 63.7 Å². The van der Waals surface area contributed by atoms with Gasteiger partial charge in [-0.05, 0) is 132 Å². The Morgan fingerprint density at radius 2 is 1.04 bits per heavy atom. The standard InChI is InChI=1S/C41H30N4.C3H6/c1-3-7-26-11-17-36-34(21-26)40-38(9-5-19-42-40)44(36)30-15-13-28-23-29-14-16-31(25-33(29)32(28)24-30)45-37-18-12-27(8-4-2)22-35(37)41-39(45)10-6-20-43-41;1-3-2/h3-6,9-22,24-25H,1-2,7-8,23H2;3H,1H2,2H3. The molecule has 0 radical (unpaired) electrons. The summed E-state index contributed by atoms with van der Waals surface area (Å²) in [6.07, 6.45) is 12.0. The van der Waals surface area contributed by atoms with E-state index in [9.17, 15) is 0 Å². The van der Waals surface area contributed by atoms with Gasteiger partial charge in [0.25, 0.3) is 0 Å². The van der Waals surface area contributed by atoms with Crippen LogP contribution in [0, 0.1) is 0 Å². The molecule has 0 fully saturated rings. The molecule has 1 aliphatic rings. The molecule has 0 aliphatic heterocycles. The first-order valence-corrected chi connectivity index (χ1v) is 16.5. The average molecular weight is 621 g/mol. The first-order chi connectivity index (χ1) is 23.6. The Morgan fingerprint density at radius 1 is 0.583 bits per heavy atom. The van der Waals surface area contributed by atoms with Crippen LogP contribution >= 0.6 is 0 Å². The summed E-state index contributed by atoms with van der Waals surface area (Å²) in [6.45, 7) is 13.1. The lowest BCUT2D eigenvalue weighted by atomic mass is 10.0. The van der Waals surface area contributed by atoms with Crippen LogP contribution in [-0.4, -0.2) is 19.1 Å². The van der Waals surface area contributed by atoms with E-state index in [0.29, 0.717) is 0 Å². The minimum absolute atomic E-state index is 0.839. The largest absolute Gasteiger partial charge is 0.308 e. The second kappa shape index (κ2) is 12.0. The van der Waals surface area contributed by atoms with E-state index in [2.05, 4.69) is 114 Å². The van der Waals surface area contributed by atoms with Gasteiger partial charge in [-0.15, -0.1) is 19.7 Å². The number of benzene rings is 4. The van der Waals surface area contributed by atoms with Gasteiger partial charge in [-0.25, -0.2) is 0 Å². The fourth-order valence-electron chi connectivity index (χ4n) is 7.33. The van der Waals surface area contributed by atoms with Crippen LogP contribution in [0.15, 0.2) is 147 Å². The summed E-state index contributed by atoms with van der Waals surface area (Å²) in [5.74, 6) is 0. The highest BCUT2D eigenvalue weighted by atomic mass is 15.0.